The van der Waals surface area contributed by atoms with Crippen molar-refractivity contribution in [3.05, 3.63) is 18.0 Å². The molecule has 0 bridgehead atoms. The van der Waals surface area contributed by atoms with Crippen LogP contribution >= 0.6 is 0 Å². The minimum absolute atomic E-state index is 0.112. The highest BCUT2D eigenvalue weighted by molar-refractivity contribution is 7.89. The normalized spacial score (nSPS) is 25.0. The molecule has 2 atom stereocenters. The largest absolute Gasteiger partial charge is 0.390 e. The predicted octanol–water partition coefficient (Wildman–Crippen LogP) is 0.798. The zero-order chi connectivity index (χ0) is 14.9. The van der Waals surface area contributed by atoms with Crippen molar-refractivity contribution in [1.82, 2.24) is 8.87 Å². The minimum Gasteiger partial charge on any atom is -0.390 e. The summed E-state index contributed by atoms with van der Waals surface area (Å²) in [6, 6.07) is 1.55. The fourth-order valence-corrected chi connectivity index (χ4v) is 4.22. The summed E-state index contributed by atoms with van der Waals surface area (Å²) in [4.78, 5) is 0.240. The van der Waals surface area contributed by atoms with E-state index in [9.17, 15) is 13.5 Å². The molecule has 1 saturated heterocycles. The van der Waals surface area contributed by atoms with Gasteiger partial charge in [0.1, 0.15) is 4.90 Å². The van der Waals surface area contributed by atoms with Gasteiger partial charge in [-0.05, 0) is 26.8 Å². The van der Waals surface area contributed by atoms with Gasteiger partial charge in [-0.15, -0.1) is 0 Å². The number of morpholine rings is 1. The average Bonchev–Trinajstić information content (AvgIpc) is 2.81. The van der Waals surface area contributed by atoms with Crippen molar-refractivity contribution in [3.63, 3.8) is 0 Å². The van der Waals surface area contributed by atoms with E-state index < -0.39 is 10.0 Å². The molecule has 6 nitrogen and oxygen atoms in total. The van der Waals surface area contributed by atoms with E-state index in [2.05, 4.69) is 0 Å². The monoisotopic (exact) mass is 302 g/mol. The van der Waals surface area contributed by atoms with Crippen molar-refractivity contribution >= 4 is 10.0 Å². The molecule has 20 heavy (non-hydrogen) atoms. The zero-order valence-corrected chi connectivity index (χ0v) is 12.9. The number of hydrogen-bond donors (Lipinski definition) is 1. The third-order valence-corrected chi connectivity index (χ3v) is 5.28. The second kappa shape index (κ2) is 5.85. The summed E-state index contributed by atoms with van der Waals surface area (Å²) in [7, 11) is -3.53. The Morgan fingerprint density at radius 1 is 1.35 bits per heavy atom. The first kappa shape index (κ1) is 15.5. The lowest BCUT2D eigenvalue weighted by atomic mass is 10.3. The average molecular weight is 302 g/mol. The first-order valence-electron chi connectivity index (χ1n) is 6.84. The Hall–Kier alpha value is -0.890. The van der Waals surface area contributed by atoms with Crippen molar-refractivity contribution in [1.29, 1.82) is 0 Å². The van der Waals surface area contributed by atoms with Gasteiger partial charge in [0.2, 0.25) is 10.0 Å². The maximum Gasteiger partial charge on any atom is 0.244 e. The number of hydrogen-bond acceptors (Lipinski definition) is 4. The summed E-state index contributed by atoms with van der Waals surface area (Å²) in [6.45, 7) is 6.83. The minimum atomic E-state index is -3.53. The molecule has 0 aromatic carbocycles. The van der Waals surface area contributed by atoms with Gasteiger partial charge in [-0.25, -0.2) is 8.42 Å². The van der Waals surface area contributed by atoms with Crippen LogP contribution in [0.25, 0.3) is 0 Å². The molecule has 2 unspecified atom stereocenters. The highest BCUT2D eigenvalue weighted by Crippen LogP contribution is 2.23. The lowest BCUT2D eigenvalue weighted by molar-refractivity contribution is -0.0440. The molecule has 0 radical (unpaired) electrons. The third kappa shape index (κ3) is 2.90. The van der Waals surface area contributed by atoms with Gasteiger partial charge in [-0.3, -0.25) is 0 Å². The Labute approximate surface area is 120 Å². The van der Waals surface area contributed by atoms with Crippen LogP contribution < -0.4 is 0 Å². The van der Waals surface area contributed by atoms with E-state index >= 15 is 0 Å². The number of sulfonamides is 1. The van der Waals surface area contributed by atoms with Crippen LogP contribution in [0.1, 0.15) is 26.5 Å². The Bertz CT molecular complexity index is 535. The van der Waals surface area contributed by atoms with E-state index in [0.717, 1.165) is 0 Å². The molecule has 0 saturated carbocycles. The molecule has 114 valence electrons. The Morgan fingerprint density at radius 2 is 1.95 bits per heavy atom. The van der Waals surface area contributed by atoms with Gasteiger partial charge < -0.3 is 14.4 Å². The SMILES string of the molecule is CCn1cc(S(=O)(=O)N2CC(C)OC(C)C2)cc1CO. The van der Waals surface area contributed by atoms with Crippen LogP contribution in [0.15, 0.2) is 17.2 Å². The van der Waals surface area contributed by atoms with Crippen molar-refractivity contribution in [2.24, 2.45) is 0 Å². The van der Waals surface area contributed by atoms with Gasteiger partial charge in [0.05, 0.1) is 18.8 Å². The molecule has 0 spiro atoms. The number of aryl methyl sites for hydroxylation is 1. The molecular weight excluding hydrogens is 280 g/mol. The first-order valence-corrected chi connectivity index (χ1v) is 8.28. The van der Waals surface area contributed by atoms with Crippen LogP contribution in [0.3, 0.4) is 0 Å². The van der Waals surface area contributed by atoms with Gasteiger partial charge >= 0.3 is 0 Å². The van der Waals surface area contributed by atoms with Gasteiger partial charge in [0, 0.05) is 31.5 Å². The van der Waals surface area contributed by atoms with Crippen LogP contribution in [0.2, 0.25) is 0 Å². The molecule has 0 aliphatic carbocycles. The maximum absolute atomic E-state index is 12.7. The van der Waals surface area contributed by atoms with Gasteiger partial charge in [0.25, 0.3) is 0 Å². The standard InChI is InChI=1S/C13H22N2O4S/c1-4-14-8-13(5-12(14)9-16)20(17,18)15-6-10(2)19-11(3)7-15/h5,8,10-11,16H,4,6-7,9H2,1-3H3. The van der Waals surface area contributed by atoms with E-state index in [4.69, 9.17) is 4.74 Å². The maximum atomic E-state index is 12.7. The molecule has 2 rings (SSSR count). The Morgan fingerprint density at radius 3 is 2.40 bits per heavy atom. The Balaban J connectivity index is 2.32. The molecule has 1 fully saturated rings. The van der Waals surface area contributed by atoms with E-state index in [1.54, 1.807) is 16.8 Å². The summed E-state index contributed by atoms with van der Waals surface area (Å²) in [5.41, 5.74) is 0.612. The summed E-state index contributed by atoms with van der Waals surface area (Å²) in [5.74, 6) is 0. The highest BCUT2D eigenvalue weighted by atomic mass is 32.2. The van der Waals surface area contributed by atoms with Gasteiger partial charge in [-0.2, -0.15) is 4.31 Å². The van der Waals surface area contributed by atoms with Crippen molar-refractivity contribution in [3.8, 4) is 0 Å². The van der Waals surface area contributed by atoms with Gasteiger partial charge in [0.15, 0.2) is 0 Å². The predicted molar refractivity (Wildman–Crippen MR) is 74.8 cm³/mol. The number of nitrogens with zero attached hydrogens (tertiary/aromatic N) is 2. The molecular formula is C13H22N2O4S. The van der Waals surface area contributed by atoms with E-state index in [0.29, 0.717) is 25.3 Å². The summed E-state index contributed by atoms with van der Waals surface area (Å²) in [6.07, 6.45) is 1.37. The van der Waals surface area contributed by atoms with Crippen LogP contribution in [0.4, 0.5) is 0 Å². The van der Waals surface area contributed by atoms with Crippen LogP contribution in [0, 0.1) is 0 Å². The molecule has 1 N–H and O–H groups in total. The highest BCUT2D eigenvalue weighted by Gasteiger charge is 2.33. The Kier molecular flexibility index (Phi) is 4.53. The fraction of sp³-hybridized carbons (Fsp3) is 0.692. The molecule has 2 heterocycles. The molecule has 1 aliphatic rings. The molecule has 7 heteroatoms. The third-order valence-electron chi connectivity index (χ3n) is 3.49. The van der Waals surface area contributed by atoms with Crippen molar-refractivity contribution in [2.45, 2.75) is 51.0 Å². The summed E-state index contributed by atoms with van der Waals surface area (Å²) in [5, 5.41) is 9.27. The molecule has 0 amide bonds. The van der Waals surface area contributed by atoms with Gasteiger partial charge in [-0.1, -0.05) is 0 Å². The fourth-order valence-electron chi connectivity index (χ4n) is 2.57. The second-order valence-electron chi connectivity index (χ2n) is 5.19. The summed E-state index contributed by atoms with van der Waals surface area (Å²) < 4.78 is 34.1. The van der Waals surface area contributed by atoms with Crippen LogP contribution in [-0.2, 0) is 27.9 Å². The number of ether oxygens (including phenoxy) is 1. The first-order chi connectivity index (χ1) is 9.38. The number of aliphatic hydroxyl groups is 1. The van der Waals surface area contributed by atoms with Crippen LogP contribution in [0.5, 0.6) is 0 Å². The molecule has 1 aromatic heterocycles. The van der Waals surface area contributed by atoms with Crippen molar-refractivity contribution < 1.29 is 18.3 Å². The number of aliphatic hydroxyl groups excluding tert-OH is 1. The topological polar surface area (TPSA) is 71.8 Å². The second-order valence-corrected chi connectivity index (χ2v) is 7.13. The molecule has 1 aromatic rings. The van der Waals surface area contributed by atoms with E-state index in [1.807, 2.05) is 20.8 Å². The van der Waals surface area contributed by atoms with Crippen molar-refractivity contribution in [2.75, 3.05) is 13.1 Å². The zero-order valence-electron chi connectivity index (χ0n) is 12.1. The van der Waals surface area contributed by atoms with Crippen LogP contribution in [-0.4, -0.2) is 47.7 Å². The smallest absolute Gasteiger partial charge is 0.244 e. The number of rotatable bonds is 4. The quantitative estimate of drug-likeness (QED) is 0.893. The lowest BCUT2D eigenvalue weighted by Gasteiger charge is -2.34. The molecule has 1 aliphatic heterocycles. The number of aromatic nitrogens is 1. The van der Waals surface area contributed by atoms with E-state index in [1.165, 1.54) is 4.31 Å². The van der Waals surface area contributed by atoms with E-state index in [-0.39, 0.29) is 23.7 Å². The summed E-state index contributed by atoms with van der Waals surface area (Å²) >= 11 is 0. The lowest BCUT2D eigenvalue weighted by Crippen LogP contribution is -2.48.